The number of aromatic nitrogens is 2. The lowest BCUT2D eigenvalue weighted by Gasteiger charge is -2.36. The predicted molar refractivity (Wildman–Crippen MR) is 93.9 cm³/mol. The third-order valence-electron chi connectivity index (χ3n) is 4.63. The quantitative estimate of drug-likeness (QED) is 0.861. The SMILES string of the molecule is CNC(C(=O)N1CCN(C(=O)c2ccc(F)cc2F)CC1)c1cnn(C)c1. The zero-order valence-corrected chi connectivity index (χ0v) is 15.2. The number of carbonyl (C=O) groups excluding carboxylic acids is 2. The molecule has 1 saturated heterocycles. The van der Waals surface area contributed by atoms with Crippen LogP contribution in [0.1, 0.15) is 22.0 Å². The molecule has 1 N–H and O–H groups in total. The van der Waals surface area contributed by atoms with Gasteiger partial charge in [-0.2, -0.15) is 5.10 Å². The summed E-state index contributed by atoms with van der Waals surface area (Å²) in [6.45, 7) is 1.24. The van der Waals surface area contributed by atoms with Crippen LogP contribution in [0.4, 0.5) is 8.78 Å². The number of halogens is 2. The summed E-state index contributed by atoms with van der Waals surface area (Å²) in [6, 6.07) is 2.37. The van der Waals surface area contributed by atoms with Crippen molar-refractivity contribution < 1.29 is 18.4 Å². The predicted octanol–water partition coefficient (Wildman–Crippen LogP) is 0.943. The third kappa shape index (κ3) is 3.97. The fourth-order valence-electron chi connectivity index (χ4n) is 3.17. The van der Waals surface area contributed by atoms with Crippen LogP contribution in [0.15, 0.2) is 30.6 Å². The summed E-state index contributed by atoms with van der Waals surface area (Å²) < 4.78 is 28.5. The summed E-state index contributed by atoms with van der Waals surface area (Å²) in [7, 11) is 3.48. The number of piperazine rings is 1. The van der Waals surface area contributed by atoms with Gasteiger partial charge < -0.3 is 15.1 Å². The van der Waals surface area contributed by atoms with E-state index >= 15 is 0 Å². The Labute approximate surface area is 155 Å². The molecule has 2 amide bonds. The highest BCUT2D eigenvalue weighted by Crippen LogP contribution is 2.18. The van der Waals surface area contributed by atoms with Crippen LogP contribution in [0, 0.1) is 11.6 Å². The minimum atomic E-state index is -0.884. The van der Waals surface area contributed by atoms with E-state index in [-0.39, 0.29) is 24.6 Å². The van der Waals surface area contributed by atoms with Crippen LogP contribution in [-0.2, 0) is 11.8 Å². The first-order chi connectivity index (χ1) is 12.9. The summed E-state index contributed by atoms with van der Waals surface area (Å²) >= 11 is 0. The van der Waals surface area contributed by atoms with Gasteiger partial charge in [-0.05, 0) is 19.2 Å². The van der Waals surface area contributed by atoms with Crippen LogP contribution in [-0.4, -0.2) is 64.6 Å². The Morgan fingerprint density at radius 1 is 1.15 bits per heavy atom. The van der Waals surface area contributed by atoms with Gasteiger partial charge >= 0.3 is 0 Å². The van der Waals surface area contributed by atoms with Gasteiger partial charge in [0, 0.05) is 51.1 Å². The molecular formula is C18H21F2N5O2. The van der Waals surface area contributed by atoms with E-state index in [0.29, 0.717) is 19.2 Å². The van der Waals surface area contributed by atoms with E-state index in [1.54, 1.807) is 36.1 Å². The van der Waals surface area contributed by atoms with Crippen molar-refractivity contribution in [3.8, 4) is 0 Å². The molecule has 2 heterocycles. The Morgan fingerprint density at radius 2 is 1.81 bits per heavy atom. The Hall–Kier alpha value is -2.81. The first kappa shape index (κ1) is 19.0. The van der Waals surface area contributed by atoms with Gasteiger partial charge in [-0.1, -0.05) is 0 Å². The summed E-state index contributed by atoms with van der Waals surface area (Å²) in [6.07, 6.45) is 3.41. The Morgan fingerprint density at radius 3 is 2.37 bits per heavy atom. The maximum Gasteiger partial charge on any atom is 0.256 e. The van der Waals surface area contributed by atoms with Gasteiger partial charge in [0.2, 0.25) is 5.91 Å². The summed E-state index contributed by atoms with van der Waals surface area (Å²) in [5.74, 6) is -2.22. The van der Waals surface area contributed by atoms with E-state index in [2.05, 4.69) is 10.4 Å². The largest absolute Gasteiger partial charge is 0.337 e. The standard InChI is InChI=1S/C18H21F2N5O2/c1-21-16(12-10-22-23(2)11-12)18(27)25-7-5-24(6-8-25)17(26)14-4-3-13(19)9-15(14)20/h3-4,9-11,16,21H,5-8H2,1-2H3. The van der Waals surface area contributed by atoms with Crippen molar-refractivity contribution in [3.63, 3.8) is 0 Å². The molecule has 0 saturated carbocycles. The molecule has 3 rings (SSSR count). The van der Waals surface area contributed by atoms with E-state index in [1.807, 2.05) is 0 Å². The number of nitrogens with one attached hydrogen (secondary N) is 1. The average molecular weight is 377 g/mol. The number of benzene rings is 1. The maximum atomic E-state index is 13.8. The van der Waals surface area contributed by atoms with Crippen LogP contribution < -0.4 is 5.32 Å². The van der Waals surface area contributed by atoms with Crippen molar-refractivity contribution in [2.75, 3.05) is 33.2 Å². The van der Waals surface area contributed by atoms with Gasteiger partial charge in [0.1, 0.15) is 17.7 Å². The van der Waals surface area contributed by atoms with Crippen LogP contribution in [0.2, 0.25) is 0 Å². The minimum Gasteiger partial charge on any atom is -0.337 e. The highest BCUT2D eigenvalue weighted by molar-refractivity contribution is 5.94. The number of amides is 2. The van der Waals surface area contributed by atoms with Gasteiger partial charge in [0.25, 0.3) is 5.91 Å². The van der Waals surface area contributed by atoms with Crippen LogP contribution in [0.5, 0.6) is 0 Å². The lowest BCUT2D eigenvalue weighted by molar-refractivity contribution is -0.135. The monoisotopic (exact) mass is 377 g/mol. The fourth-order valence-corrected chi connectivity index (χ4v) is 3.17. The normalized spacial score (nSPS) is 15.7. The zero-order valence-electron chi connectivity index (χ0n) is 15.2. The number of hydrogen-bond donors (Lipinski definition) is 1. The second-order valence-electron chi connectivity index (χ2n) is 6.41. The van der Waals surface area contributed by atoms with Gasteiger partial charge in [0.15, 0.2) is 0 Å². The summed E-state index contributed by atoms with van der Waals surface area (Å²) in [5, 5.41) is 7.08. The highest BCUT2D eigenvalue weighted by atomic mass is 19.1. The van der Waals surface area contributed by atoms with Crippen molar-refractivity contribution in [3.05, 3.63) is 53.4 Å². The Kier molecular flexibility index (Phi) is 5.50. The molecule has 0 spiro atoms. The zero-order chi connectivity index (χ0) is 19.6. The van der Waals surface area contributed by atoms with E-state index in [9.17, 15) is 18.4 Å². The van der Waals surface area contributed by atoms with Crippen molar-refractivity contribution in [2.45, 2.75) is 6.04 Å². The van der Waals surface area contributed by atoms with E-state index in [1.165, 1.54) is 4.90 Å². The minimum absolute atomic E-state index is 0.106. The molecule has 0 aliphatic carbocycles. The van der Waals surface area contributed by atoms with Crippen molar-refractivity contribution >= 4 is 11.8 Å². The Balaban J connectivity index is 1.64. The molecule has 0 radical (unpaired) electrons. The molecule has 144 valence electrons. The second-order valence-corrected chi connectivity index (χ2v) is 6.41. The third-order valence-corrected chi connectivity index (χ3v) is 4.63. The van der Waals surface area contributed by atoms with E-state index < -0.39 is 23.6 Å². The smallest absolute Gasteiger partial charge is 0.256 e. The Bertz CT molecular complexity index is 846. The molecule has 1 aromatic heterocycles. The highest BCUT2D eigenvalue weighted by Gasteiger charge is 2.30. The second kappa shape index (κ2) is 7.83. The van der Waals surface area contributed by atoms with Gasteiger partial charge in [0.05, 0.1) is 11.8 Å². The molecule has 1 aliphatic heterocycles. The number of nitrogens with zero attached hydrogens (tertiary/aromatic N) is 4. The van der Waals surface area contributed by atoms with Crippen molar-refractivity contribution in [1.82, 2.24) is 24.9 Å². The fraction of sp³-hybridized carbons (Fsp3) is 0.389. The molecular weight excluding hydrogens is 356 g/mol. The number of hydrogen-bond acceptors (Lipinski definition) is 4. The topological polar surface area (TPSA) is 70.5 Å². The molecule has 2 aromatic rings. The average Bonchev–Trinajstić information content (AvgIpc) is 3.08. The number of carbonyl (C=O) groups is 2. The summed E-state index contributed by atoms with van der Waals surface area (Å²) in [5.41, 5.74) is 0.594. The molecule has 1 aliphatic rings. The van der Waals surface area contributed by atoms with Crippen molar-refractivity contribution in [1.29, 1.82) is 0 Å². The van der Waals surface area contributed by atoms with E-state index in [4.69, 9.17) is 0 Å². The summed E-state index contributed by atoms with van der Waals surface area (Å²) in [4.78, 5) is 28.4. The maximum absolute atomic E-state index is 13.8. The van der Waals surface area contributed by atoms with Gasteiger partial charge in [-0.3, -0.25) is 14.3 Å². The van der Waals surface area contributed by atoms with E-state index in [0.717, 1.165) is 17.7 Å². The van der Waals surface area contributed by atoms with Gasteiger partial charge in [-0.25, -0.2) is 8.78 Å². The molecule has 7 nitrogen and oxygen atoms in total. The number of aryl methyl sites for hydroxylation is 1. The molecule has 1 fully saturated rings. The molecule has 27 heavy (non-hydrogen) atoms. The molecule has 1 aromatic carbocycles. The first-order valence-corrected chi connectivity index (χ1v) is 8.59. The lowest BCUT2D eigenvalue weighted by atomic mass is 10.1. The number of likely N-dealkylation sites (N-methyl/N-ethyl adjacent to an activating group) is 1. The molecule has 1 unspecified atom stereocenters. The lowest BCUT2D eigenvalue weighted by Crippen LogP contribution is -2.52. The van der Waals surface area contributed by atoms with Crippen molar-refractivity contribution in [2.24, 2.45) is 7.05 Å². The molecule has 9 heteroatoms. The van der Waals surface area contributed by atoms with Crippen LogP contribution in [0.3, 0.4) is 0 Å². The molecule has 0 bridgehead atoms. The molecule has 1 atom stereocenters. The van der Waals surface area contributed by atoms with Crippen LogP contribution >= 0.6 is 0 Å². The van der Waals surface area contributed by atoms with Gasteiger partial charge in [-0.15, -0.1) is 0 Å². The number of rotatable bonds is 4. The first-order valence-electron chi connectivity index (χ1n) is 8.59. The van der Waals surface area contributed by atoms with Crippen LogP contribution in [0.25, 0.3) is 0 Å².